The fraction of sp³-hybridized carbons (Fsp3) is 0.250. The number of pyridine rings is 1. The number of H-pyrrole nitrogens is 1. The van der Waals surface area contributed by atoms with E-state index in [1.165, 1.54) is 12.1 Å². The first-order valence-corrected chi connectivity index (χ1v) is 15.9. The predicted octanol–water partition coefficient (Wildman–Crippen LogP) is 5.93. The van der Waals surface area contributed by atoms with Crippen LogP contribution in [0.4, 0.5) is 16.0 Å². The maximum absolute atomic E-state index is 13.9. The van der Waals surface area contributed by atoms with Gasteiger partial charge in [0.2, 0.25) is 5.95 Å². The Balaban J connectivity index is 1.23. The molecule has 3 aromatic carbocycles. The molecule has 7 nitrogen and oxygen atoms in total. The number of nitrogens with one attached hydrogen (secondary N) is 2. The van der Waals surface area contributed by atoms with Crippen LogP contribution in [0.25, 0.3) is 27.9 Å². The second-order valence-electron chi connectivity index (χ2n) is 10.8. The lowest BCUT2D eigenvalue weighted by atomic mass is 10.0. The van der Waals surface area contributed by atoms with Crippen LogP contribution in [0.15, 0.2) is 71.5 Å². The summed E-state index contributed by atoms with van der Waals surface area (Å²) in [5.74, 6) is 0.197. The Bertz CT molecular complexity index is 1900. The van der Waals surface area contributed by atoms with Gasteiger partial charge in [-0.1, -0.05) is 48.5 Å². The van der Waals surface area contributed by atoms with Gasteiger partial charge in [0.1, 0.15) is 13.0 Å². The van der Waals surface area contributed by atoms with Crippen molar-refractivity contribution in [2.45, 2.75) is 13.8 Å². The van der Waals surface area contributed by atoms with Gasteiger partial charge < -0.3 is 19.4 Å². The molecule has 2 aromatic heterocycles. The van der Waals surface area contributed by atoms with Gasteiger partial charge in [-0.3, -0.25) is 9.69 Å². The lowest BCUT2D eigenvalue weighted by Crippen LogP contribution is -2.37. The minimum atomic E-state index is -2.32. The van der Waals surface area contributed by atoms with E-state index in [2.05, 4.69) is 26.3 Å². The molecule has 9 heteroatoms. The van der Waals surface area contributed by atoms with Gasteiger partial charge in [-0.2, -0.15) is 0 Å². The first kappa shape index (κ1) is 27.2. The van der Waals surface area contributed by atoms with E-state index in [0.29, 0.717) is 34.9 Å². The number of aromatic nitrogens is 3. The zero-order valence-corrected chi connectivity index (χ0v) is 24.3. The van der Waals surface area contributed by atoms with Crippen molar-refractivity contribution in [3.63, 3.8) is 0 Å². The van der Waals surface area contributed by atoms with Gasteiger partial charge in [-0.05, 0) is 54.6 Å². The Morgan fingerprint density at radius 1 is 1.07 bits per heavy atom. The predicted molar refractivity (Wildman–Crippen MR) is 167 cm³/mol. The Morgan fingerprint density at radius 3 is 2.59 bits per heavy atom. The maximum atomic E-state index is 13.9. The molecule has 210 valence electrons. The summed E-state index contributed by atoms with van der Waals surface area (Å²) in [6.45, 7) is 6.20. The Morgan fingerprint density at radius 2 is 1.83 bits per heavy atom. The largest absolute Gasteiger partial charge is 0.325 e. The number of fused-ring (bicyclic) bond motifs is 3. The standard InChI is InChI=1S/C32H33FN5O2P/c1-21-11-12-23(33)20-28(21)36-32-35-27-14-13-25-22(2)26(34-31(39)29(25)30(27)37(32)3)10-7-15-38-16-18-41(40,19-17-38)24-8-5-4-6-9-24/h4-14,20H,15-19H2,1-3H3,(H,34,39)(H,35,36). The second-order valence-corrected chi connectivity index (χ2v) is 14.0. The Labute approximate surface area is 238 Å². The quantitative estimate of drug-likeness (QED) is 0.248. The molecule has 1 aliphatic heterocycles. The van der Waals surface area contributed by atoms with Crippen molar-refractivity contribution in [2.75, 3.05) is 37.3 Å². The maximum Gasteiger partial charge on any atom is 0.258 e. The van der Waals surface area contributed by atoms with E-state index in [1.807, 2.05) is 74.0 Å². The van der Waals surface area contributed by atoms with Crippen molar-refractivity contribution in [1.29, 1.82) is 0 Å². The molecule has 5 aromatic rings. The highest BCUT2D eigenvalue weighted by Crippen LogP contribution is 2.46. The zero-order valence-electron chi connectivity index (χ0n) is 23.4. The normalized spacial score (nSPS) is 15.7. The van der Waals surface area contributed by atoms with E-state index in [1.54, 1.807) is 6.07 Å². The molecule has 0 spiro atoms. The first-order valence-electron chi connectivity index (χ1n) is 13.8. The van der Waals surface area contributed by atoms with Crippen molar-refractivity contribution >= 4 is 52.0 Å². The Kier molecular flexibility index (Phi) is 7.14. The van der Waals surface area contributed by atoms with E-state index >= 15 is 0 Å². The van der Waals surface area contributed by atoms with Gasteiger partial charge in [0.25, 0.3) is 5.56 Å². The zero-order chi connectivity index (χ0) is 28.7. The number of hydrogen-bond acceptors (Lipinski definition) is 5. The van der Waals surface area contributed by atoms with Crippen LogP contribution in [0.1, 0.15) is 16.8 Å². The number of nitrogens with zero attached hydrogens (tertiary/aromatic N) is 3. The lowest BCUT2D eigenvalue weighted by Gasteiger charge is -2.31. The number of halogens is 1. The molecule has 0 amide bonds. The number of rotatable bonds is 6. The molecule has 1 saturated heterocycles. The summed E-state index contributed by atoms with van der Waals surface area (Å²) in [6.07, 6.45) is 5.41. The number of anilines is 2. The van der Waals surface area contributed by atoms with Crippen LogP contribution in [0, 0.1) is 19.7 Å². The summed E-state index contributed by atoms with van der Waals surface area (Å²) >= 11 is 0. The van der Waals surface area contributed by atoms with E-state index < -0.39 is 7.14 Å². The average molecular weight is 570 g/mol. The lowest BCUT2D eigenvalue weighted by molar-refractivity contribution is 0.328. The minimum Gasteiger partial charge on any atom is -0.325 e. The third-order valence-corrected chi connectivity index (χ3v) is 11.3. The molecule has 0 atom stereocenters. The van der Waals surface area contributed by atoms with E-state index in [-0.39, 0.29) is 11.4 Å². The molecule has 41 heavy (non-hydrogen) atoms. The highest BCUT2D eigenvalue weighted by atomic mass is 31.2. The molecule has 2 N–H and O–H groups in total. The van der Waals surface area contributed by atoms with Crippen molar-refractivity contribution in [3.05, 3.63) is 99.7 Å². The summed E-state index contributed by atoms with van der Waals surface area (Å²) in [5.41, 5.74) is 4.48. The molecule has 0 bridgehead atoms. The molecule has 1 fully saturated rings. The van der Waals surface area contributed by atoms with Crippen LogP contribution in [0.5, 0.6) is 0 Å². The fourth-order valence-electron chi connectivity index (χ4n) is 5.69. The summed E-state index contributed by atoms with van der Waals surface area (Å²) in [7, 11) is -0.473. The monoisotopic (exact) mass is 569 g/mol. The average Bonchev–Trinajstić information content (AvgIpc) is 3.29. The van der Waals surface area contributed by atoms with Crippen LogP contribution in [-0.4, -0.2) is 51.4 Å². The summed E-state index contributed by atoms with van der Waals surface area (Å²) in [6, 6.07) is 18.3. The molecule has 0 aliphatic carbocycles. The third-order valence-electron chi connectivity index (χ3n) is 8.20. The van der Waals surface area contributed by atoms with Crippen LogP contribution in [-0.2, 0) is 11.6 Å². The highest BCUT2D eigenvalue weighted by Gasteiger charge is 2.29. The fourth-order valence-corrected chi connectivity index (χ4v) is 8.36. The molecule has 0 saturated carbocycles. The van der Waals surface area contributed by atoms with Crippen LogP contribution >= 0.6 is 7.14 Å². The summed E-state index contributed by atoms with van der Waals surface area (Å²) in [4.78, 5) is 23.5. The summed E-state index contributed by atoms with van der Waals surface area (Å²) < 4.78 is 29.1. The van der Waals surface area contributed by atoms with Crippen molar-refractivity contribution in [1.82, 2.24) is 19.4 Å². The number of aryl methyl sites for hydroxylation is 3. The third kappa shape index (κ3) is 5.14. The number of imidazole rings is 1. The summed E-state index contributed by atoms with van der Waals surface area (Å²) in [5, 5.41) is 5.63. The number of aromatic amines is 1. The van der Waals surface area contributed by atoms with Crippen LogP contribution in [0.3, 0.4) is 0 Å². The molecule has 1 aliphatic rings. The number of hydrogen-bond donors (Lipinski definition) is 2. The molecule has 0 radical (unpaired) electrons. The number of benzene rings is 3. The van der Waals surface area contributed by atoms with Crippen molar-refractivity contribution in [2.24, 2.45) is 7.05 Å². The Hall–Kier alpha value is -4.00. The molecule has 3 heterocycles. The molecule has 0 unspecified atom stereocenters. The van der Waals surface area contributed by atoms with Gasteiger partial charge in [0, 0.05) is 55.7 Å². The van der Waals surface area contributed by atoms with E-state index in [4.69, 9.17) is 0 Å². The van der Waals surface area contributed by atoms with Gasteiger partial charge in [0.05, 0.1) is 16.4 Å². The second kappa shape index (κ2) is 10.8. The topological polar surface area (TPSA) is 83.0 Å². The SMILES string of the molecule is Cc1ccc(F)cc1Nc1nc2ccc3c(C)c(C=CCN4CCP(=O)(c5ccccc5)CC4)[nH]c(=O)c3c2n1C. The highest BCUT2D eigenvalue weighted by molar-refractivity contribution is 7.71. The van der Waals surface area contributed by atoms with E-state index in [0.717, 1.165) is 52.7 Å². The van der Waals surface area contributed by atoms with Crippen molar-refractivity contribution in [3.8, 4) is 0 Å². The molecular weight excluding hydrogens is 536 g/mol. The van der Waals surface area contributed by atoms with Crippen LogP contribution in [0.2, 0.25) is 0 Å². The van der Waals surface area contributed by atoms with Gasteiger partial charge >= 0.3 is 0 Å². The van der Waals surface area contributed by atoms with Crippen molar-refractivity contribution < 1.29 is 8.96 Å². The first-order chi connectivity index (χ1) is 19.7. The molecule has 6 rings (SSSR count). The van der Waals surface area contributed by atoms with Gasteiger partial charge in [-0.15, -0.1) is 0 Å². The van der Waals surface area contributed by atoms with E-state index in [9.17, 15) is 13.8 Å². The van der Waals surface area contributed by atoms with Crippen LogP contribution < -0.4 is 16.2 Å². The van der Waals surface area contributed by atoms with Gasteiger partial charge in [0.15, 0.2) is 0 Å². The minimum absolute atomic E-state index is 0.186. The van der Waals surface area contributed by atoms with Gasteiger partial charge in [-0.25, -0.2) is 9.37 Å². The smallest absolute Gasteiger partial charge is 0.258 e. The molecular formula is C32H33FN5O2P.